The van der Waals surface area contributed by atoms with Gasteiger partial charge in [0.2, 0.25) is 5.91 Å². The Hall–Kier alpha value is -1.83. The number of carbonyl (C=O) groups is 1. The molecule has 1 atom stereocenters. The van der Waals surface area contributed by atoms with Gasteiger partial charge < -0.3 is 5.32 Å². The molecule has 1 aliphatic rings. The van der Waals surface area contributed by atoms with Crippen LogP contribution in [0, 0.1) is 5.92 Å². The molecule has 1 amide bonds. The molecule has 3 rings (SSSR count). The number of aryl methyl sites for hydroxylation is 1. The highest BCUT2D eigenvalue weighted by molar-refractivity contribution is 6.99. The van der Waals surface area contributed by atoms with Crippen LogP contribution in [-0.2, 0) is 17.8 Å². The highest BCUT2D eigenvalue weighted by Gasteiger charge is 2.25. The van der Waals surface area contributed by atoms with E-state index in [0.29, 0.717) is 12.2 Å². The second kappa shape index (κ2) is 4.21. The summed E-state index contributed by atoms with van der Waals surface area (Å²) in [7, 11) is 0. The molecule has 88 valence electrons. The Morgan fingerprint density at radius 1 is 1.53 bits per heavy atom. The second-order valence-electron chi connectivity index (χ2n) is 3.92. The molecular formula is C9H10N6OS. The molecule has 1 N–H and O–H groups in total. The molecule has 0 radical (unpaired) electrons. The van der Waals surface area contributed by atoms with E-state index in [-0.39, 0.29) is 11.8 Å². The Morgan fingerprint density at radius 3 is 3.29 bits per heavy atom. The summed E-state index contributed by atoms with van der Waals surface area (Å²) in [5, 5.41) is 10.5. The van der Waals surface area contributed by atoms with Gasteiger partial charge in [0.15, 0.2) is 5.82 Å². The first-order chi connectivity index (χ1) is 8.33. The molecule has 3 heterocycles. The van der Waals surface area contributed by atoms with Crippen molar-refractivity contribution in [3.05, 3.63) is 18.1 Å². The molecule has 7 nitrogen and oxygen atoms in total. The normalized spacial score (nSPS) is 18.7. The van der Waals surface area contributed by atoms with Crippen molar-refractivity contribution in [1.82, 2.24) is 23.7 Å². The molecule has 8 heteroatoms. The molecular weight excluding hydrogens is 240 g/mol. The standard InChI is InChI=1S/C9H10N6OS/c16-9(12-8-5-11-17-13-8)6-1-2-15-7(3-6)4-10-14-15/h4-6H,1-3H2,(H,12,13,16). The Kier molecular flexibility index (Phi) is 2.56. The monoisotopic (exact) mass is 250 g/mol. The molecule has 0 bridgehead atoms. The number of amides is 1. The van der Waals surface area contributed by atoms with Crippen molar-refractivity contribution in [3.8, 4) is 0 Å². The van der Waals surface area contributed by atoms with Crippen molar-refractivity contribution in [2.45, 2.75) is 19.4 Å². The lowest BCUT2D eigenvalue weighted by atomic mass is 9.95. The van der Waals surface area contributed by atoms with E-state index in [4.69, 9.17) is 0 Å². The van der Waals surface area contributed by atoms with E-state index in [9.17, 15) is 4.79 Å². The predicted octanol–water partition coefficient (Wildman–Crippen LogP) is 0.331. The van der Waals surface area contributed by atoms with Crippen molar-refractivity contribution in [3.63, 3.8) is 0 Å². The van der Waals surface area contributed by atoms with Gasteiger partial charge in [0.25, 0.3) is 0 Å². The third-order valence-corrected chi connectivity index (χ3v) is 3.30. The molecule has 17 heavy (non-hydrogen) atoms. The minimum Gasteiger partial charge on any atom is -0.308 e. The average molecular weight is 250 g/mol. The van der Waals surface area contributed by atoms with Crippen LogP contribution in [0.4, 0.5) is 5.82 Å². The third kappa shape index (κ3) is 2.03. The van der Waals surface area contributed by atoms with Gasteiger partial charge >= 0.3 is 0 Å². The van der Waals surface area contributed by atoms with E-state index in [2.05, 4.69) is 24.4 Å². The van der Waals surface area contributed by atoms with Gasteiger partial charge in [-0.15, -0.1) is 5.10 Å². The topological polar surface area (TPSA) is 85.6 Å². The van der Waals surface area contributed by atoms with Crippen LogP contribution in [-0.4, -0.2) is 29.6 Å². The summed E-state index contributed by atoms with van der Waals surface area (Å²) in [6, 6.07) is 0. The molecule has 1 unspecified atom stereocenters. The highest BCUT2D eigenvalue weighted by Crippen LogP contribution is 2.20. The number of hydrogen-bond donors (Lipinski definition) is 1. The van der Waals surface area contributed by atoms with E-state index in [1.165, 1.54) is 0 Å². The van der Waals surface area contributed by atoms with E-state index >= 15 is 0 Å². The zero-order valence-electron chi connectivity index (χ0n) is 8.91. The zero-order chi connectivity index (χ0) is 11.7. The van der Waals surface area contributed by atoms with Crippen LogP contribution in [0.2, 0.25) is 0 Å². The van der Waals surface area contributed by atoms with E-state index in [0.717, 1.165) is 30.4 Å². The van der Waals surface area contributed by atoms with Crippen LogP contribution < -0.4 is 5.32 Å². The maximum atomic E-state index is 12.0. The molecule has 0 saturated carbocycles. The fraction of sp³-hybridized carbons (Fsp3) is 0.444. The lowest BCUT2D eigenvalue weighted by molar-refractivity contribution is -0.120. The summed E-state index contributed by atoms with van der Waals surface area (Å²) in [5.74, 6) is 0.477. The fourth-order valence-electron chi connectivity index (χ4n) is 1.93. The summed E-state index contributed by atoms with van der Waals surface area (Å²) in [5.41, 5.74) is 1.01. The number of carbonyl (C=O) groups excluding carboxylic acids is 1. The fourth-order valence-corrected chi connectivity index (χ4v) is 2.30. The van der Waals surface area contributed by atoms with Gasteiger partial charge in [0.1, 0.15) is 0 Å². The lowest BCUT2D eigenvalue weighted by Gasteiger charge is -2.21. The smallest absolute Gasteiger partial charge is 0.229 e. The maximum absolute atomic E-state index is 12.0. The number of nitrogens with one attached hydrogen (secondary N) is 1. The first-order valence-corrected chi connectivity index (χ1v) is 6.02. The predicted molar refractivity (Wildman–Crippen MR) is 60.4 cm³/mol. The molecule has 2 aromatic heterocycles. The van der Waals surface area contributed by atoms with Crippen molar-refractivity contribution < 1.29 is 4.79 Å². The second-order valence-corrected chi connectivity index (χ2v) is 4.48. The van der Waals surface area contributed by atoms with Gasteiger partial charge in [0.05, 0.1) is 29.8 Å². The Bertz CT molecular complexity index is 521. The molecule has 0 spiro atoms. The van der Waals surface area contributed by atoms with Crippen LogP contribution in [0.1, 0.15) is 12.1 Å². The first kappa shape index (κ1) is 10.3. The molecule has 1 aliphatic heterocycles. The third-order valence-electron chi connectivity index (χ3n) is 2.83. The Morgan fingerprint density at radius 2 is 2.47 bits per heavy atom. The number of nitrogens with zero attached hydrogens (tertiary/aromatic N) is 5. The van der Waals surface area contributed by atoms with Gasteiger partial charge in [-0.25, -0.2) is 4.68 Å². The number of aromatic nitrogens is 5. The van der Waals surface area contributed by atoms with Gasteiger partial charge in [-0.1, -0.05) is 5.21 Å². The van der Waals surface area contributed by atoms with Crippen LogP contribution >= 0.6 is 11.7 Å². The first-order valence-electron chi connectivity index (χ1n) is 5.29. The SMILES string of the molecule is O=C(Nc1cnsn1)C1CCn2nncc2C1. The maximum Gasteiger partial charge on any atom is 0.229 e. The quantitative estimate of drug-likeness (QED) is 0.830. The summed E-state index contributed by atoms with van der Waals surface area (Å²) >= 11 is 1.08. The Labute approximate surface area is 101 Å². The highest BCUT2D eigenvalue weighted by atomic mass is 32.1. The van der Waals surface area contributed by atoms with E-state index in [1.807, 2.05) is 4.68 Å². The number of fused-ring (bicyclic) bond motifs is 1. The molecule has 2 aromatic rings. The van der Waals surface area contributed by atoms with Crippen molar-refractivity contribution >= 4 is 23.5 Å². The Balaban J connectivity index is 1.68. The summed E-state index contributed by atoms with van der Waals surface area (Å²) in [4.78, 5) is 12.0. The summed E-state index contributed by atoms with van der Waals surface area (Å²) in [6.07, 6.45) is 4.72. The largest absolute Gasteiger partial charge is 0.308 e. The van der Waals surface area contributed by atoms with Crippen molar-refractivity contribution in [2.75, 3.05) is 5.32 Å². The minimum absolute atomic E-state index is 0.00912. The van der Waals surface area contributed by atoms with Gasteiger partial charge in [0, 0.05) is 18.9 Å². The summed E-state index contributed by atoms with van der Waals surface area (Å²) in [6.45, 7) is 0.739. The van der Waals surface area contributed by atoms with E-state index in [1.54, 1.807) is 12.4 Å². The van der Waals surface area contributed by atoms with Gasteiger partial charge in [-0.05, 0) is 6.42 Å². The van der Waals surface area contributed by atoms with Crippen molar-refractivity contribution in [1.29, 1.82) is 0 Å². The number of rotatable bonds is 2. The van der Waals surface area contributed by atoms with Crippen LogP contribution in [0.15, 0.2) is 12.4 Å². The lowest BCUT2D eigenvalue weighted by Crippen LogP contribution is -2.30. The molecule has 0 aliphatic carbocycles. The average Bonchev–Trinajstić information content (AvgIpc) is 2.97. The molecule has 0 saturated heterocycles. The number of anilines is 1. The minimum atomic E-state index is -0.0392. The van der Waals surface area contributed by atoms with Crippen molar-refractivity contribution in [2.24, 2.45) is 5.92 Å². The number of hydrogen-bond acceptors (Lipinski definition) is 6. The van der Waals surface area contributed by atoms with Gasteiger partial charge in [-0.3, -0.25) is 4.79 Å². The van der Waals surface area contributed by atoms with Gasteiger partial charge in [-0.2, -0.15) is 8.75 Å². The molecule has 0 aromatic carbocycles. The molecule has 0 fully saturated rings. The van der Waals surface area contributed by atoms with E-state index < -0.39 is 0 Å². The summed E-state index contributed by atoms with van der Waals surface area (Å²) < 4.78 is 9.64. The van der Waals surface area contributed by atoms with Crippen LogP contribution in [0.25, 0.3) is 0 Å². The van der Waals surface area contributed by atoms with Crippen LogP contribution in [0.5, 0.6) is 0 Å². The zero-order valence-corrected chi connectivity index (χ0v) is 9.72. The van der Waals surface area contributed by atoms with Crippen LogP contribution in [0.3, 0.4) is 0 Å².